The molecule has 1 N–H and O–H groups in total. The molecule has 3 unspecified atom stereocenters. The number of amides is 1. The van der Waals surface area contributed by atoms with Gasteiger partial charge in [-0.15, -0.1) is 11.3 Å². The summed E-state index contributed by atoms with van der Waals surface area (Å²) in [5.41, 5.74) is 0.941. The van der Waals surface area contributed by atoms with Gasteiger partial charge in [0.2, 0.25) is 0 Å². The highest BCUT2D eigenvalue weighted by molar-refractivity contribution is 7.12. The molecule has 2 aliphatic rings. The summed E-state index contributed by atoms with van der Waals surface area (Å²) in [5, 5.41) is 11.3. The molecule has 5 heteroatoms. The fourth-order valence-corrected chi connectivity index (χ4v) is 4.43. The summed E-state index contributed by atoms with van der Waals surface area (Å²) < 4.78 is 0. The van der Waals surface area contributed by atoms with E-state index in [4.69, 9.17) is 0 Å². The van der Waals surface area contributed by atoms with Crippen molar-refractivity contribution in [1.82, 2.24) is 4.90 Å². The lowest BCUT2D eigenvalue weighted by Crippen LogP contribution is -2.43. The molecule has 2 fully saturated rings. The fourth-order valence-electron chi connectivity index (χ4n) is 3.55. The van der Waals surface area contributed by atoms with Crippen LogP contribution in [-0.2, 0) is 4.79 Å². The highest BCUT2D eigenvalue weighted by Gasteiger charge is 2.49. The number of carbonyl (C=O) groups is 2. The number of likely N-dealkylation sites (tertiary alicyclic amines) is 1. The van der Waals surface area contributed by atoms with Crippen LogP contribution in [0.25, 0.3) is 0 Å². The smallest absolute Gasteiger partial charge is 0.326 e. The molecule has 0 bridgehead atoms. The van der Waals surface area contributed by atoms with Gasteiger partial charge in [0.05, 0.1) is 4.88 Å². The molecule has 1 aromatic heterocycles. The first kappa shape index (κ1) is 12.7. The molecule has 3 rings (SSSR count). The summed E-state index contributed by atoms with van der Waals surface area (Å²) >= 11 is 1.40. The Morgan fingerprint density at radius 1 is 1.42 bits per heavy atom. The largest absolute Gasteiger partial charge is 0.480 e. The Balaban J connectivity index is 1.90. The van der Waals surface area contributed by atoms with Crippen molar-refractivity contribution in [3.8, 4) is 0 Å². The van der Waals surface area contributed by atoms with Gasteiger partial charge in [0.25, 0.3) is 5.91 Å². The zero-order valence-electron chi connectivity index (χ0n) is 10.8. The number of aryl methyl sites for hydroxylation is 1. The number of thiophene rings is 1. The number of carbonyl (C=O) groups excluding carboxylic acids is 1. The summed E-state index contributed by atoms with van der Waals surface area (Å²) in [6.07, 6.45) is 3.09. The first-order valence-corrected chi connectivity index (χ1v) is 7.55. The van der Waals surface area contributed by atoms with Crippen LogP contribution >= 0.6 is 11.3 Å². The van der Waals surface area contributed by atoms with Crippen LogP contribution in [-0.4, -0.2) is 34.5 Å². The Kier molecular flexibility index (Phi) is 3.09. The van der Waals surface area contributed by atoms with Gasteiger partial charge in [0.1, 0.15) is 6.04 Å². The van der Waals surface area contributed by atoms with Gasteiger partial charge in [-0.05, 0) is 48.6 Å². The van der Waals surface area contributed by atoms with Crippen molar-refractivity contribution in [3.05, 3.63) is 21.9 Å². The monoisotopic (exact) mass is 279 g/mol. The van der Waals surface area contributed by atoms with Crippen LogP contribution in [0.2, 0.25) is 0 Å². The van der Waals surface area contributed by atoms with Crippen molar-refractivity contribution in [2.24, 2.45) is 11.8 Å². The molecule has 1 saturated heterocycles. The molecule has 1 aliphatic heterocycles. The standard InChI is InChI=1S/C14H17NO3S/c1-8-5-6-19-12(8)13(16)15-7-9-3-2-4-10(9)11(15)14(17)18/h5-6,9-11H,2-4,7H2,1H3,(H,17,18). The quantitative estimate of drug-likeness (QED) is 0.904. The van der Waals surface area contributed by atoms with Crippen molar-refractivity contribution in [1.29, 1.82) is 0 Å². The fraction of sp³-hybridized carbons (Fsp3) is 0.571. The summed E-state index contributed by atoms with van der Waals surface area (Å²) in [6.45, 7) is 2.51. The predicted molar refractivity (Wildman–Crippen MR) is 72.3 cm³/mol. The van der Waals surface area contributed by atoms with E-state index < -0.39 is 12.0 Å². The minimum absolute atomic E-state index is 0.103. The molecule has 0 radical (unpaired) electrons. The summed E-state index contributed by atoms with van der Waals surface area (Å²) in [7, 11) is 0. The summed E-state index contributed by atoms with van der Waals surface area (Å²) in [4.78, 5) is 26.4. The molecule has 19 heavy (non-hydrogen) atoms. The van der Waals surface area contributed by atoms with E-state index in [2.05, 4.69) is 0 Å². The molecule has 3 atom stereocenters. The third kappa shape index (κ3) is 1.96. The lowest BCUT2D eigenvalue weighted by atomic mass is 9.94. The number of rotatable bonds is 2. The van der Waals surface area contributed by atoms with E-state index in [0.29, 0.717) is 17.3 Å². The highest BCUT2D eigenvalue weighted by atomic mass is 32.1. The first-order chi connectivity index (χ1) is 9.09. The first-order valence-electron chi connectivity index (χ1n) is 6.67. The van der Waals surface area contributed by atoms with E-state index in [1.807, 2.05) is 18.4 Å². The lowest BCUT2D eigenvalue weighted by Gasteiger charge is -2.24. The lowest BCUT2D eigenvalue weighted by molar-refractivity contribution is -0.142. The van der Waals surface area contributed by atoms with Gasteiger partial charge in [0, 0.05) is 6.54 Å². The van der Waals surface area contributed by atoms with Crippen LogP contribution in [0.4, 0.5) is 0 Å². The molecular formula is C14H17NO3S. The molecule has 1 aromatic rings. The van der Waals surface area contributed by atoms with Gasteiger partial charge in [0.15, 0.2) is 0 Å². The highest BCUT2D eigenvalue weighted by Crippen LogP contribution is 2.43. The van der Waals surface area contributed by atoms with Gasteiger partial charge in [-0.2, -0.15) is 0 Å². The molecule has 2 heterocycles. The van der Waals surface area contributed by atoms with E-state index in [1.54, 1.807) is 4.90 Å². The maximum Gasteiger partial charge on any atom is 0.326 e. The Morgan fingerprint density at radius 3 is 2.84 bits per heavy atom. The molecule has 1 amide bonds. The van der Waals surface area contributed by atoms with Crippen LogP contribution in [0.5, 0.6) is 0 Å². The maximum atomic E-state index is 12.5. The normalized spacial score (nSPS) is 29.5. The van der Waals surface area contributed by atoms with Gasteiger partial charge in [-0.3, -0.25) is 4.79 Å². The minimum atomic E-state index is -0.850. The third-order valence-electron chi connectivity index (χ3n) is 4.46. The Hall–Kier alpha value is -1.36. The SMILES string of the molecule is Cc1ccsc1C(=O)N1CC2CCCC2C1C(=O)O. The van der Waals surface area contributed by atoms with Crippen molar-refractivity contribution >= 4 is 23.2 Å². The Labute approximate surface area is 116 Å². The van der Waals surface area contributed by atoms with E-state index >= 15 is 0 Å². The van der Waals surface area contributed by atoms with Crippen LogP contribution in [0.3, 0.4) is 0 Å². The molecule has 4 nitrogen and oxygen atoms in total. The van der Waals surface area contributed by atoms with Gasteiger partial charge in [-0.1, -0.05) is 6.42 Å². The summed E-state index contributed by atoms with van der Waals surface area (Å²) in [5.74, 6) is -0.418. The minimum Gasteiger partial charge on any atom is -0.480 e. The molecular weight excluding hydrogens is 262 g/mol. The van der Waals surface area contributed by atoms with Crippen molar-refractivity contribution < 1.29 is 14.7 Å². The van der Waals surface area contributed by atoms with Gasteiger partial charge < -0.3 is 10.0 Å². The van der Waals surface area contributed by atoms with Crippen molar-refractivity contribution in [2.45, 2.75) is 32.2 Å². The van der Waals surface area contributed by atoms with Gasteiger partial charge in [-0.25, -0.2) is 4.79 Å². The Morgan fingerprint density at radius 2 is 2.21 bits per heavy atom. The second-order valence-electron chi connectivity index (χ2n) is 5.53. The molecule has 0 spiro atoms. The van der Waals surface area contributed by atoms with Crippen LogP contribution < -0.4 is 0 Å². The van der Waals surface area contributed by atoms with Crippen molar-refractivity contribution in [3.63, 3.8) is 0 Å². The second-order valence-corrected chi connectivity index (χ2v) is 6.44. The van der Waals surface area contributed by atoms with Crippen molar-refractivity contribution in [2.75, 3.05) is 6.54 Å². The number of hydrogen-bond donors (Lipinski definition) is 1. The average Bonchev–Trinajstić information content (AvgIpc) is 3.00. The van der Waals surface area contributed by atoms with E-state index in [0.717, 1.165) is 24.8 Å². The average molecular weight is 279 g/mol. The number of nitrogens with zero attached hydrogens (tertiary/aromatic N) is 1. The number of carboxylic acid groups (broad SMARTS) is 1. The van der Waals surface area contributed by atoms with Crippen LogP contribution in [0.15, 0.2) is 11.4 Å². The van der Waals surface area contributed by atoms with E-state index in [-0.39, 0.29) is 11.8 Å². The number of carboxylic acids is 1. The molecule has 0 aromatic carbocycles. The number of hydrogen-bond acceptors (Lipinski definition) is 3. The second kappa shape index (κ2) is 4.63. The number of aliphatic carboxylic acids is 1. The van der Waals surface area contributed by atoms with Gasteiger partial charge >= 0.3 is 5.97 Å². The topological polar surface area (TPSA) is 57.6 Å². The van der Waals surface area contributed by atoms with E-state index in [9.17, 15) is 14.7 Å². The molecule has 1 aliphatic carbocycles. The van der Waals surface area contributed by atoms with E-state index in [1.165, 1.54) is 11.3 Å². The van der Waals surface area contributed by atoms with Crippen LogP contribution in [0.1, 0.15) is 34.5 Å². The predicted octanol–water partition coefficient (Wildman–Crippen LogP) is 2.38. The summed E-state index contributed by atoms with van der Waals surface area (Å²) in [6, 6.07) is 1.28. The molecule has 102 valence electrons. The third-order valence-corrected chi connectivity index (χ3v) is 5.47. The maximum absolute atomic E-state index is 12.5. The Bertz CT molecular complexity index is 525. The number of fused-ring (bicyclic) bond motifs is 1. The molecule has 1 saturated carbocycles. The zero-order valence-corrected chi connectivity index (χ0v) is 11.7. The zero-order chi connectivity index (χ0) is 13.6. The van der Waals surface area contributed by atoms with Crippen LogP contribution in [0, 0.1) is 18.8 Å².